The molecule has 4 aliphatic rings. The van der Waals surface area contributed by atoms with Gasteiger partial charge in [-0.05, 0) is 88.7 Å². The third-order valence-electron chi connectivity index (χ3n) is 7.54. The van der Waals surface area contributed by atoms with E-state index in [-0.39, 0.29) is 29.3 Å². The van der Waals surface area contributed by atoms with Gasteiger partial charge in [0.2, 0.25) is 0 Å². The largest absolute Gasteiger partial charge is 0.461 e. The number of hydrogen-bond donors (Lipinski definition) is 3. The Balaban J connectivity index is 0.000000658. The summed E-state index contributed by atoms with van der Waals surface area (Å²) in [4.78, 5) is 25.4. The second-order valence-electron chi connectivity index (χ2n) is 12.1. The van der Waals surface area contributed by atoms with Crippen LogP contribution in [0, 0.1) is 23.2 Å². The van der Waals surface area contributed by atoms with Gasteiger partial charge in [-0.1, -0.05) is 12.1 Å². The molecule has 3 N–H and O–H groups in total. The fourth-order valence-electron chi connectivity index (χ4n) is 6.54. The first kappa shape index (κ1) is 28.8. The Labute approximate surface area is 214 Å². The lowest BCUT2D eigenvalue weighted by atomic mass is 9.48. The molecular formula is C27H41NO7S. The van der Waals surface area contributed by atoms with Crippen molar-refractivity contribution in [3.05, 3.63) is 34.9 Å². The Bertz CT molecular complexity index is 1030. The summed E-state index contributed by atoms with van der Waals surface area (Å²) in [6.45, 7) is 8.03. The first-order chi connectivity index (χ1) is 16.5. The molecule has 4 aliphatic carbocycles. The first-order valence-electron chi connectivity index (χ1n) is 12.7. The highest BCUT2D eigenvalue weighted by atomic mass is 32.2. The van der Waals surface area contributed by atoms with Gasteiger partial charge in [0.15, 0.2) is 5.78 Å². The molecule has 1 atom stereocenters. The van der Waals surface area contributed by atoms with Crippen molar-refractivity contribution in [2.45, 2.75) is 84.5 Å². The zero-order valence-corrected chi connectivity index (χ0v) is 22.9. The van der Waals surface area contributed by atoms with Crippen LogP contribution in [0.2, 0.25) is 0 Å². The summed E-state index contributed by atoms with van der Waals surface area (Å²) in [6, 6.07) is 5.57. The molecule has 4 bridgehead atoms. The number of aliphatic hydroxyl groups is 1. The molecule has 0 aromatic heterocycles. The van der Waals surface area contributed by atoms with Crippen LogP contribution >= 0.6 is 0 Å². The lowest BCUT2D eigenvalue weighted by molar-refractivity contribution is -0.142. The van der Waals surface area contributed by atoms with Gasteiger partial charge < -0.3 is 15.2 Å². The van der Waals surface area contributed by atoms with E-state index >= 15 is 0 Å². The predicted molar refractivity (Wildman–Crippen MR) is 137 cm³/mol. The average Bonchev–Trinajstić information content (AvgIpc) is 2.72. The molecule has 0 saturated heterocycles. The second-order valence-corrected chi connectivity index (χ2v) is 13.6. The topological polar surface area (TPSA) is 130 Å². The number of benzene rings is 1. The third kappa shape index (κ3) is 7.84. The van der Waals surface area contributed by atoms with Gasteiger partial charge in [0.25, 0.3) is 10.1 Å². The number of carbonyl (C=O) groups excluding carboxylic acids is 2. The van der Waals surface area contributed by atoms with Gasteiger partial charge in [0, 0.05) is 35.5 Å². The van der Waals surface area contributed by atoms with Gasteiger partial charge in [-0.25, -0.2) is 0 Å². The van der Waals surface area contributed by atoms with E-state index in [1.54, 1.807) is 0 Å². The smallest absolute Gasteiger partial charge is 0.302 e. The van der Waals surface area contributed by atoms with Crippen LogP contribution in [0.1, 0.15) is 93.8 Å². The van der Waals surface area contributed by atoms with Gasteiger partial charge >= 0.3 is 5.97 Å². The van der Waals surface area contributed by atoms with E-state index in [0.717, 1.165) is 24.8 Å². The van der Waals surface area contributed by atoms with Crippen molar-refractivity contribution in [1.29, 1.82) is 0 Å². The van der Waals surface area contributed by atoms with Crippen molar-refractivity contribution in [3.63, 3.8) is 0 Å². The molecule has 0 spiro atoms. The number of ether oxygens (including phenoxy) is 1. The highest BCUT2D eigenvalue weighted by Gasteiger charge is 2.54. The quantitative estimate of drug-likeness (QED) is 0.277. The summed E-state index contributed by atoms with van der Waals surface area (Å²) in [5, 5.41) is 14.0. The summed E-state index contributed by atoms with van der Waals surface area (Å²) in [6.07, 6.45) is 6.91. The van der Waals surface area contributed by atoms with Crippen LogP contribution in [0.3, 0.4) is 0 Å². The molecule has 4 saturated carbocycles. The lowest BCUT2D eigenvalue weighted by Crippen LogP contribution is -2.50. The van der Waals surface area contributed by atoms with Gasteiger partial charge in [-0.15, -0.1) is 0 Å². The molecule has 9 heteroatoms. The van der Waals surface area contributed by atoms with Crippen LogP contribution in [0.15, 0.2) is 18.2 Å². The highest BCUT2D eigenvalue weighted by molar-refractivity contribution is 7.85. The maximum Gasteiger partial charge on any atom is 0.302 e. The number of hydrogen-bond acceptors (Lipinski definition) is 7. The van der Waals surface area contributed by atoms with E-state index in [1.807, 2.05) is 18.2 Å². The minimum Gasteiger partial charge on any atom is -0.461 e. The monoisotopic (exact) mass is 523 g/mol. The summed E-state index contributed by atoms with van der Waals surface area (Å²) in [7, 11) is -3.67. The number of esters is 1. The SMILES string of the molecule is CC(=O)OCc1cc(C(O)CNC(C)(C)C)ccc1C(=O)C12CC3CC(CC(C3)C1)C2.CS(=O)(=O)O. The van der Waals surface area contributed by atoms with Crippen molar-refractivity contribution in [2.24, 2.45) is 23.2 Å². The minimum atomic E-state index is -3.67. The summed E-state index contributed by atoms with van der Waals surface area (Å²) >= 11 is 0. The highest BCUT2D eigenvalue weighted by Crippen LogP contribution is 2.61. The number of aliphatic hydroxyl groups excluding tert-OH is 1. The summed E-state index contributed by atoms with van der Waals surface area (Å²) in [5.41, 5.74) is 1.77. The van der Waals surface area contributed by atoms with Gasteiger partial charge in [-0.3, -0.25) is 14.1 Å². The lowest BCUT2D eigenvalue weighted by Gasteiger charge is -2.56. The van der Waals surface area contributed by atoms with Crippen LogP contribution in [0.25, 0.3) is 0 Å². The Morgan fingerprint density at radius 2 is 1.61 bits per heavy atom. The van der Waals surface area contributed by atoms with Crippen molar-refractivity contribution in [2.75, 3.05) is 12.8 Å². The van der Waals surface area contributed by atoms with Gasteiger partial charge in [-0.2, -0.15) is 8.42 Å². The number of β-amino-alcohol motifs (C(OH)–C–C–N with tert-alkyl or cyclic N) is 1. The van der Waals surface area contributed by atoms with Crippen LogP contribution in [0.5, 0.6) is 0 Å². The number of carbonyl (C=O) groups is 2. The minimum absolute atomic E-state index is 0.0655. The van der Waals surface area contributed by atoms with Crippen LogP contribution in [-0.2, 0) is 26.3 Å². The Morgan fingerprint density at radius 1 is 1.11 bits per heavy atom. The van der Waals surface area contributed by atoms with Gasteiger partial charge in [0.05, 0.1) is 12.4 Å². The molecule has 8 nitrogen and oxygen atoms in total. The van der Waals surface area contributed by atoms with E-state index in [4.69, 9.17) is 9.29 Å². The fourth-order valence-corrected chi connectivity index (χ4v) is 6.54. The molecule has 0 radical (unpaired) electrons. The zero-order valence-electron chi connectivity index (χ0n) is 22.0. The van der Waals surface area contributed by atoms with E-state index in [1.165, 1.54) is 26.2 Å². The van der Waals surface area contributed by atoms with Crippen LogP contribution in [-0.4, -0.2) is 48.2 Å². The van der Waals surface area contributed by atoms with Crippen molar-refractivity contribution in [1.82, 2.24) is 5.32 Å². The van der Waals surface area contributed by atoms with E-state index < -0.39 is 16.2 Å². The molecule has 5 rings (SSSR count). The Kier molecular flexibility index (Phi) is 8.70. The van der Waals surface area contributed by atoms with E-state index in [0.29, 0.717) is 41.7 Å². The van der Waals surface area contributed by atoms with Crippen molar-refractivity contribution in [3.8, 4) is 0 Å². The zero-order chi connectivity index (χ0) is 26.9. The molecule has 1 unspecified atom stereocenters. The molecule has 1 aromatic carbocycles. The van der Waals surface area contributed by atoms with E-state index in [2.05, 4.69) is 26.1 Å². The standard InChI is InChI=1S/C26H37NO4.CH4O3S/c1-16(28)31-15-21-10-20(23(29)14-27-25(2,3)4)5-6-22(21)24(30)26-11-17-7-18(12-26)9-19(8-17)13-26;1-5(2,3)4/h5-6,10,17-19,23,27,29H,7-9,11-15H2,1-4H3;1H3,(H,2,3,4). The Morgan fingerprint density at radius 3 is 2.06 bits per heavy atom. The normalized spacial score (nSPS) is 27.7. The first-order valence-corrected chi connectivity index (χ1v) is 14.6. The molecule has 1 aromatic rings. The summed E-state index contributed by atoms with van der Waals surface area (Å²) in [5.74, 6) is 1.93. The number of ketones is 1. The predicted octanol–water partition coefficient (Wildman–Crippen LogP) is 4.07. The van der Waals surface area contributed by atoms with Crippen molar-refractivity contribution < 1.29 is 32.4 Å². The maximum absolute atomic E-state index is 13.9. The second kappa shape index (κ2) is 10.9. The molecule has 0 heterocycles. The average molecular weight is 524 g/mol. The van der Waals surface area contributed by atoms with E-state index in [9.17, 15) is 23.1 Å². The fraction of sp³-hybridized carbons (Fsp3) is 0.704. The molecule has 0 aliphatic heterocycles. The summed E-state index contributed by atoms with van der Waals surface area (Å²) < 4.78 is 31.2. The number of Topliss-reactive ketones (excluding diaryl/α,β-unsaturated/α-hetero) is 1. The molecule has 36 heavy (non-hydrogen) atoms. The van der Waals surface area contributed by atoms with Crippen LogP contribution < -0.4 is 5.32 Å². The molecule has 4 fully saturated rings. The number of nitrogens with one attached hydrogen (secondary N) is 1. The number of rotatable bonds is 7. The molecule has 0 amide bonds. The maximum atomic E-state index is 13.9. The Hall–Kier alpha value is -1.81. The van der Waals surface area contributed by atoms with Crippen molar-refractivity contribution >= 4 is 21.9 Å². The van der Waals surface area contributed by atoms with Gasteiger partial charge in [0.1, 0.15) is 6.61 Å². The molecular weight excluding hydrogens is 482 g/mol. The third-order valence-corrected chi connectivity index (χ3v) is 7.54. The van der Waals surface area contributed by atoms with Crippen LogP contribution in [0.4, 0.5) is 0 Å². The molecule has 202 valence electrons.